The summed E-state index contributed by atoms with van der Waals surface area (Å²) in [5, 5.41) is 9.20. The van der Waals surface area contributed by atoms with Crippen molar-refractivity contribution >= 4 is 52.2 Å². The number of amides is 2. The lowest BCUT2D eigenvalue weighted by Gasteiger charge is -2.21. The molecule has 2 amide bonds. The summed E-state index contributed by atoms with van der Waals surface area (Å²) in [4.78, 5) is 35.9. The highest BCUT2D eigenvalue weighted by molar-refractivity contribution is 8.26. The predicted octanol–water partition coefficient (Wildman–Crippen LogP) is 1.22. The van der Waals surface area contributed by atoms with Gasteiger partial charge in [0.1, 0.15) is 10.4 Å². The Morgan fingerprint density at radius 2 is 2.00 bits per heavy atom. The Morgan fingerprint density at radius 1 is 1.36 bits per heavy atom. The van der Waals surface area contributed by atoms with E-state index in [-0.39, 0.29) is 4.32 Å². The molecule has 0 bridgehead atoms. The zero-order chi connectivity index (χ0) is 16.3. The monoisotopic (exact) mass is 336 g/mol. The maximum absolute atomic E-state index is 12.4. The topological polar surface area (TPSA) is 101 Å². The molecular weight excluding hydrogens is 324 g/mol. The Morgan fingerprint density at radius 3 is 2.55 bits per heavy atom. The van der Waals surface area contributed by atoms with E-state index in [1.807, 2.05) is 30.3 Å². The van der Waals surface area contributed by atoms with Crippen molar-refractivity contribution < 1.29 is 19.5 Å². The van der Waals surface area contributed by atoms with Crippen LogP contribution in [0.4, 0.5) is 0 Å². The van der Waals surface area contributed by atoms with Gasteiger partial charge in [-0.15, -0.1) is 0 Å². The standard InChI is InChI=1S/C14H12N2O4S2/c15-11(17)7-9(13(19)20)16-12(18)10(22-14(16)21)6-8-4-2-1-3-5-8/h1-6,9H,7H2,(H2,15,17)(H,19,20)/b10-6-. The van der Waals surface area contributed by atoms with Crippen LogP contribution in [0.5, 0.6) is 0 Å². The molecule has 1 heterocycles. The third-order valence-corrected chi connectivity index (χ3v) is 4.24. The van der Waals surface area contributed by atoms with Gasteiger partial charge in [-0.25, -0.2) is 4.79 Å². The van der Waals surface area contributed by atoms with Crippen molar-refractivity contribution in [3.8, 4) is 0 Å². The van der Waals surface area contributed by atoms with Crippen molar-refractivity contribution in [1.82, 2.24) is 4.90 Å². The van der Waals surface area contributed by atoms with Crippen molar-refractivity contribution in [2.45, 2.75) is 12.5 Å². The molecule has 3 N–H and O–H groups in total. The van der Waals surface area contributed by atoms with Gasteiger partial charge in [0, 0.05) is 0 Å². The number of carboxylic acids is 1. The van der Waals surface area contributed by atoms with E-state index in [1.165, 1.54) is 0 Å². The lowest BCUT2D eigenvalue weighted by atomic mass is 10.1. The van der Waals surface area contributed by atoms with E-state index in [2.05, 4.69) is 0 Å². The van der Waals surface area contributed by atoms with Gasteiger partial charge in [0.25, 0.3) is 5.91 Å². The fourth-order valence-electron chi connectivity index (χ4n) is 1.93. The molecule has 1 saturated heterocycles. The lowest BCUT2D eigenvalue weighted by Crippen LogP contribution is -2.46. The minimum Gasteiger partial charge on any atom is -0.480 e. The van der Waals surface area contributed by atoms with Crippen LogP contribution in [-0.2, 0) is 14.4 Å². The number of thiocarbonyl (C=S) groups is 1. The predicted molar refractivity (Wildman–Crippen MR) is 86.7 cm³/mol. The number of hydrogen-bond acceptors (Lipinski definition) is 5. The van der Waals surface area contributed by atoms with Crippen molar-refractivity contribution in [2.24, 2.45) is 5.73 Å². The summed E-state index contributed by atoms with van der Waals surface area (Å²) in [5.41, 5.74) is 5.84. The van der Waals surface area contributed by atoms with Crippen LogP contribution in [0.1, 0.15) is 12.0 Å². The molecule has 22 heavy (non-hydrogen) atoms. The van der Waals surface area contributed by atoms with Gasteiger partial charge in [0.15, 0.2) is 0 Å². The number of carbonyl (C=O) groups excluding carboxylic acids is 2. The quantitative estimate of drug-likeness (QED) is 0.619. The fourth-order valence-corrected chi connectivity index (χ4v) is 3.29. The molecule has 2 rings (SSSR count). The van der Waals surface area contributed by atoms with Gasteiger partial charge in [-0.05, 0) is 11.6 Å². The Kier molecular flexibility index (Phi) is 4.94. The molecule has 0 aliphatic carbocycles. The molecule has 0 saturated carbocycles. The molecule has 1 aliphatic rings. The van der Waals surface area contributed by atoms with Gasteiger partial charge in [0.05, 0.1) is 11.3 Å². The smallest absolute Gasteiger partial charge is 0.327 e. The first-order valence-electron chi connectivity index (χ1n) is 6.23. The normalized spacial score (nSPS) is 17.8. The highest BCUT2D eigenvalue weighted by Crippen LogP contribution is 2.34. The van der Waals surface area contributed by atoms with Crippen LogP contribution in [-0.4, -0.2) is 38.2 Å². The molecule has 1 aromatic rings. The first-order chi connectivity index (χ1) is 10.4. The van der Waals surface area contributed by atoms with Crippen LogP contribution >= 0.6 is 24.0 Å². The SMILES string of the molecule is NC(=O)CC(C(=O)O)N1C(=O)/C(=C/c2ccccc2)SC1=S. The minimum absolute atomic E-state index is 0.0980. The van der Waals surface area contributed by atoms with Crippen molar-refractivity contribution in [3.05, 3.63) is 40.8 Å². The van der Waals surface area contributed by atoms with Gasteiger partial charge in [-0.1, -0.05) is 54.3 Å². The van der Waals surface area contributed by atoms with Crippen LogP contribution in [0.3, 0.4) is 0 Å². The van der Waals surface area contributed by atoms with Crippen molar-refractivity contribution in [2.75, 3.05) is 0 Å². The number of primary amides is 1. The molecule has 1 aliphatic heterocycles. The zero-order valence-corrected chi connectivity index (χ0v) is 12.9. The molecular formula is C14H12N2O4S2. The first kappa shape index (κ1) is 16.2. The Bertz CT molecular complexity index is 673. The second-order valence-electron chi connectivity index (χ2n) is 4.49. The molecule has 0 aromatic heterocycles. The number of nitrogens with two attached hydrogens (primary N) is 1. The van der Waals surface area contributed by atoms with E-state index < -0.39 is 30.2 Å². The summed E-state index contributed by atoms with van der Waals surface area (Å²) in [6.45, 7) is 0. The summed E-state index contributed by atoms with van der Waals surface area (Å²) in [6, 6.07) is 7.72. The largest absolute Gasteiger partial charge is 0.480 e. The van der Waals surface area contributed by atoms with Crippen LogP contribution in [0.25, 0.3) is 6.08 Å². The van der Waals surface area contributed by atoms with E-state index in [1.54, 1.807) is 6.08 Å². The Labute approximate surface area is 136 Å². The average molecular weight is 336 g/mol. The molecule has 1 atom stereocenters. The molecule has 1 aromatic carbocycles. The summed E-state index contributed by atoms with van der Waals surface area (Å²) >= 11 is 6.07. The molecule has 6 nitrogen and oxygen atoms in total. The van der Waals surface area contributed by atoms with Gasteiger partial charge in [0.2, 0.25) is 5.91 Å². The third-order valence-electron chi connectivity index (χ3n) is 2.91. The molecule has 1 fully saturated rings. The van der Waals surface area contributed by atoms with Crippen LogP contribution < -0.4 is 5.73 Å². The number of carbonyl (C=O) groups is 3. The Balaban J connectivity index is 2.30. The van der Waals surface area contributed by atoms with E-state index >= 15 is 0 Å². The van der Waals surface area contributed by atoms with Gasteiger partial charge >= 0.3 is 5.97 Å². The summed E-state index contributed by atoms with van der Waals surface area (Å²) < 4.78 is 0.0980. The van der Waals surface area contributed by atoms with Crippen molar-refractivity contribution in [1.29, 1.82) is 0 Å². The minimum atomic E-state index is -1.38. The second kappa shape index (κ2) is 6.71. The summed E-state index contributed by atoms with van der Waals surface area (Å²) in [7, 11) is 0. The number of hydrogen-bond donors (Lipinski definition) is 2. The van der Waals surface area contributed by atoms with Crippen molar-refractivity contribution in [3.63, 3.8) is 0 Å². The number of nitrogens with zero attached hydrogens (tertiary/aromatic N) is 1. The molecule has 114 valence electrons. The number of benzene rings is 1. The number of aliphatic carboxylic acids is 1. The number of carboxylic acid groups (broad SMARTS) is 1. The maximum atomic E-state index is 12.4. The number of thioether (sulfide) groups is 1. The molecule has 0 radical (unpaired) electrons. The molecule has 1 unspecified atom stereocenters. The maximum Gasteiger partial charge on any atom is 0.327 e. The highest BCUT2D eigenvalue weighted by Gasteiger charge is 2.41. The first-order valence-corrected chi connectivity index (χ1v) is 7.46. The van der Waals surface area contributed by atoms with E-state index in [4.69, 9.17) is 18.0 Å². The molecule has 0 spiro atoms. The van der Waals surface area contributed by atoms with Crippen LogP contribution in [0.15, 0.2) is 35.2 Å². The number of rotatable bonds is 5. The average Bonchev–Trinajstić information content (AvgIpc) is 2.72. The summed E-state index contributed by atoms with van der Waals surface area (Å²) in [5.74, 6) is -2.67. The van der Waals surface area contributed by atoms with Gasteiger partial charge in [-0.2, -0.15) is 0 Å². The summed E-state index contributed by atoms with van der Waals surface area (Å²) in [6.07, 6.45) is 1.14. The lowest BCUT2D eigenvalue weighted by molar-refractivity contribution is -0.146. The van der Waals surface area contributed by atoms with Gasteiger partial charge in [-0.3, -0.25) is 14.5 Å². The zero-order valence-electron chi connectivity index (χ0n) is 11.3. The van der Waals surface area contributed by atoms with E-state index in [0.29, 0.717) is 4.91 Å². The van der Waals surface area contributed by atoms with Crippen LogP contribution in [0.2, 0.25) is 0 Å². The van der Waals surface area contributed by atoms with Gasteiger partial charge < -0.3 is 10.8 Å². The van der Waals surface area contributed by atoms with E-state index in [9.17, 15) is 19.5 Å². The second-order valence-corrected chi connectivity index (χ2v) is 6.16. The highest BCUT2D eigenvalue weighted by atomic mass is 32.2. The van der Waals surface area contributed by atoms with E-state index in [0.717, 1.165) is 22.2 Å². The molecule has 8 heteroatoms. The Hall–Kier alpha value is -2.19. The van der Waals surface area contributed by atoms with Crippen LogP contribution in [0, 0.1) is 0 Å². The third kappa shape index (κ3) is 3.52. The fraction of sp³-hybridized carbons (Fsp3) is 0.143.